The normalized spacial score (nSPS) is 11.5. The summed E-state index contributed by atoms with van der Waals surface area (Å²) in [6, 6.07) is 6.37. The molecule has 0 atom stereocenters. The lowest BCUT2D eigenvalue weighted by Gasteiger charge is -2.04. The maximum absolute atomic E-state index is 12.2. The zero-order valence-corrected chi connectivity index (χ0v) is 14.0. The molecule has 2 aromatic rings. The zero-order valence-electron chi connectivity index (χ0n) is 11.6. The van der Waals surface area contributed by atoms with Crippen LogP contribution in [0.3, 0.4) is 0 Å². The van der Waals surface area contributed by atoms with E-state index < -0.39 is 10.0 Å². The third kappa shape index (κ3) is 4.53. The molecule has 0 unspecified atom stereocenters. The lowest BCUT2D eigenvalue weighted by molar-refractivity contribution is 0.601. The minimum Gasteiger partial charge on any atom is -0.261 e. The Bertz CT molecular complexity index is 682. The van der Waals surface area contributed by atoms with E-state index in [0.717, 1.165) is 30.2 Å². The van der Waals surface area contributed by atoms with Crippen LogP contribution in [-0.2, 0) is 16.4 Å². The lowest BCUT2D eigenvalue weighted by Crippen LogP contribution is -2.13. The summed E-state index contributed by atoms with van der Waals surface area (Å²) in [4.78, 5) is 4.31. The molecular formula is C13H17BrN4O2S. The molecule has 0 saturated heterocycles. The van der Waals surface area contributed by atoms with Crippen LogP contribution in [0.5, 0.6) is 0 Å². The van der Waals surface area contributed by atoms with Gasteiger partial charge in [0.15, 0.2) is 0 Å². The molecule has 1 aromatic carbocycles. The van der Waals surface area contributed by atoms with Crippen LogP contribution in [0.15, 0.2) is 33.6 Å². The van der Waals surface area contributed by atoms with Gasteiger partial charge in [0.1, 0.15) is 5.82 Å². The van der Waals surface area contributed by atoms with Gasteiger partial charge in [-0.1, -0.05) is 35.7 Å². The molecule has 0 aliphatic rings. The largest absolute Gasteiger partial charge is 0.264 e. The Morgan fingerprint density at radius 1 is 1.24 bits per heavy atom. The molecule has 0 aliphatic carbocycles. The third-order valence-electron chi connectivity index (χ3n) is 2.90. The number of hydrogen-bond donors (Lipinski definition) is 2. The maximum atomic E-state index is 12.2. The summed E-state index contributed by atoms with van der Waals surface area (Å²) in [5.74, 6) is 0.765. The summed E-state index contributed by atoms with van der Waals surface area (Å²) in [6.07, 6.45) is 4.00. The number of aryl methyl sites for hydroxylation is 1. The van der Waals surface area contributed by atoms with Crippen molar-refractivity contribution in [3.8, 4) is 0 Å². The second-order valence-electron chi connectivity index (χ2n) is 4.62. The maximum Gasteiger partial charge on any atom is 0.264 e. The second-order valence-corrected chi connectivity index (χ2v) is 7.22. The van der Waals surface area contributed by atoms with Gasteiger partial charge in [0, 0.05) is 10.9 Å². The lowest BCUT2D eigenvalue weighted by atomic mass is 10.2. The highest BCUT2D eigenvalue weighted by atomic mass is 79.9. The van der Waals surface area contributed by atoms with Crippen molar-refractivity contribution in [1.29, 1.82) is 0 Å². The number of H-pyrrole nitrogens is 1. The number of unbranched alkanes of at least 4 members (excludes halogenated alkanes) is 2. The topological polar surface area (TPSA) is 87.7 Å². The summed E-state index contributed by atoms with van der Waals surface area (Å²) in [6.45, 7) is 2.12. The first kappa shape index (κ1) is 16.0. The molecule has 6 nitrogen and oxygen atoms in total. The van der Waals surface area contributed by atoms with Crippen molar-refractivity contribution in [1.82, 2.24) is 15.2 Å². The molecule has 0 spiro atoms. The molecule has 0 saturated carbocycles. The molecule has 0 amide bonds. The molecule has 8 heteroatoms. The molecule has 0 bridgehead atoms. The Kier molecular flexibility index (Phi) is 5.35. The van der Waals surface area contributed by atoms with Crippen LogP contribution in [0.2, 0.25) is 0 Å². The number of halogens is 1. The van der Waals surface area contributed by atoms with Crippen molar-refractivity contribution >= 4 is 31.9 Å². The molecule has 0 radical (unpaired) electrons. The number of rotatable bonds is 7. The summed E-state index contributed by atoms with van der Waals surface area (Å²) < 4.78 is 27.5. The quantitative estimate of drug-likeness (QED) is 0.730. The highest BCUT2D eigenvalue weighted by molar-refractivity contribution is 9.10. The monoisotopic (exact) mass is 372 g/mol. The SMILES string of the molecule is CCCCCc1nc(NS(=O)(=O)c2ccc(Br)cc2)n[nH]1. The number of nitrogens with one attached hydrogen (secondary N) is 2. The Balaban J connectivity index is 2.05. The van der Waals surface area contributed by atoms with Gasteiger partial charge in [-0.05, 0) is 30.7 Å². The van der Waals surface area contributed by atoms with Gasteiger partial charge in [0.2, 0.25) is 0 Å². The van der Waals surface area contributed by atoms with E-state index in [-0.39, 0.29) is 10.8 Å². The summed E-state index contributed by atoms with van der Waals surface area (Å²) in [5, 5.41) is 6.64. The number of sulfonamides is 1. The fourth-order valence-corrected chi connectivity index (χ4v) is 3.00. The van der Waals surface area contributed by atoms with Gasteiger partial charge >= 0.3 is 0 Å². The number of benzene rings is 1. The minimum atomic E-state index is -3.66. The van der Waals surface area contributed by atoms with Gasteiger partial charge in [-0.25, -0.2) is 13.1 Å². The Morgan fingerprint density at radius 2 is 1.95 bits per heavy atom. The van der Waals surface area contributed by atoms with Crippen molar-refractivity contribution < 1.29 is 8.42 Å². The summed E-state index contributed by atoms with van der Waals surface area (Å²) in [5.41, 5.74) is 0. The van der Waals surface area contributed by atoms with E-state index in [9.17, 15) is 8.42 Å². The van der Waals surface area contributed by atoms with Crippen LogP contribution in [0, 0.1) is 0 Å². The van der Waals surface area contributed by atoms with Gasteiger partial charge in [-0.2, -0.15) is 4.98 Å². The minimum absolute atomic E-state index is 0.0735. The van der Waals surface area contributed by atoms with Crippen LogP contribution in [-0.4, -0.2) is 23.6 Å². The van der Waals surface area contributed by atoms with Crippen molar-refractivity contribution in [3.63, 3.8) is 0 Å². The first-order valence-corrected chi connectivity index (χ1v) is 8.98. The van der Waals surface area contributed by atoms with E-state index in [1.54, 1.807) is 12.1 Å². The fourth-order valence-electron chi connectivity index (χ4n) is 1.79. The summed E-state index contributed by atoms with van der Waals surface area (Å²) in [7, 11) is -3.66. The molecule has 1 heterocycles. The number of aromatic amines is 1. The Morgan fingerprint density at radius 3 is 2.62 bits per heavy atom. The van der Waals surface area contributed by atoms with Crippen molar-refractivity contribution in [2.75, 3.05) is 4.72 Å². The second kappa shape index (κ2) is 7.04. The number of hydrogen-bond acceptors (Lipinski definition) is 4. The number of nitrogens with zero attached hydrogens (tertiary/aromatic N) is 2. The molecule has 0 fully saturated rings. The van der Waals surface area contributed by atoms with Crippen molar-refractivity contribution in [2.24, 2.45) is 0 Å². The molecule has 2 rings (SSSR count). The van der Waals surface area contributed by atoms with Crippen LogP contribution in [0.25, 0.3) is 0 Å². The smallest absolute Gasteiger partial charge is 0.261 e. The van der Waals surface area contributed by atoms with E-state index in [4.69, 9.17) is 0 Å². The van der Waals surface area contributed by atoms with E-state index in [1.165, 1.54) is 12.1 Å². The van der Waals surface area contributed by atoms with Crippen LogP contribution >= 0.6 is 15.9 Å². The average Bonchev–Trinajstić information content (AvgIpc) is 2.86. The Labute approximate surface area is 132 Å². The number of anilines is 1. The van der Waals surface area contributed by atoms with Gasteiger partial charge < -0.3 is 0 Å². The zero-order chi connectivity index (χ0) is 15.3. The van der Waals surface area contributed by atoms with E-state index in [0.29, 0.717) is 5.82 Å². The first-order valence-electron chi connectivity index (χ1n) is 6.71. The van der Waals surface area contributed by atoms with Gasteiger partial charge in [0.25, 0.3) is 16.0 Å². The van der Waals surface area contributed by atoms with Crippen LogP contribution < -0.4 is 4.72 Å². The Hall–Kier alpha value is -1.41. The van der Waals surface area contributed by atoms with E-state index in [1.807, 2.05) is 0 Å². The molecule has 2 N–H and O–H groups in total. The summed E-state index contributed by atoms with van der Waals surface area (Å²) >= 11 is 3.27. The van der Waals surface area contributed by atoms with Crippen molar-refractivity contribution in [2.45, 2.75) is 37.5 Å². The molecule has 0 aliphatic heterocycles. The molecule has 114 valence electrons. The fraction of sp³-hybridized carbons (Fsp3) is 0.385. The van der Waals surface area contributed by atoms with Gasteiger partial charge in [0.05, 0.1) is 4.90 Å². The van der Waals surface area contributed by atoms with E-state index in [2.05, 4.69) is 42.8 Å². The highest BCUT2D eigenvalue weighted by Crippen LogP contribution is 2.17. The predicted octanol–water partition coefficient (Wildman–Crippen LogP) is 3.10. The van der Waals surface area contributed by atoms with Crippen LogP contribution in [0.1, 0.15) is 32.0 Å². The van der Waals surface area contributed by atoms with E-state index >= 15 is 0 Å². The predicted molar refractivity (Wildman–Crippen MR) is 84.6 cm³/mol. The standard InChI is InChI=1S/C13H17BrN4O2S/c1-2-3-4-5-12-15-13(17-16-12)18-21(19,20)11-8-6-10(14)7-9-11/h6-9H,2-5H2,1H3,(H2,15,16,17,18). The average molecular weight is 373 g/mol. The van der Waals surface area contributed by atoms with Crippen molar-refractivity contribution in [3.05, 3.63) is 34.6 Å². The van der Waals surface area contributed by atoms with Gasteiger partial charge in [-0.15, -0.1) is 5.10 Å². The van der Waals surface area contributed by atoms with Gasteiger partial charge in [-0.3, -0.25) is 5.10 Å². The highest BCUT2D eigenvalue weighted by Gasteiger charge is 2.16. The first-order chi connectivity index (χ1) is 10.0. The third-order valence-corrected chi connectivity index (χ3v) is 4.77. The molecule has 1 aromatic heterocycles. The van der Waals surface area contributed by atoms with Crippen LogP contribution in [0.4, 0.5) is 5.95 Å². The molecular weight excluding hydrogens is 356 g/mol. The number of aromatic nitrogens is 3. The molecule has 21 heavy (non-hydrogen) atoms.